The SMILES string of the molecule is NC(=O)c1ccc(CN(CCC(=O)Nc2cc(Cl)ccc2Cl)C2CC2)cc1. The summed E-state index contributed by atoms with van der Waals surface area (Å²) in [5.74, 6) is -0.536. The molecule has 3 rings (SSSR count). The Kier molecular flexibility index (Phi) is 6.37. The predicted octanol–water partition coefficient (Wildman–Crippen LogP) is 4.09. The number of rotatable bonds is 8. The molecule has 2 aromatic rings. The van der Waals surface area contributed by atoms with Gasteiger partial charge in [0.15, 0.2) is 0 Å². The van der Waals surface area contributed by atoms with E-state index in [-0.39, 0.29) is 5.91 Å². The second kappa shape index (κ2) is 8.74. The van der Waals surface area contributed by atoms with E-state index in [0.717, 1.165) is 24.9 Å². The van der Waals surface area contributed by atoms with Crippen LogP contribution >= 0.6 is 23.2 Å². The van der Waals surface area contributed by atoms with Crippen LogP contribution in [0.4, 0.5) is 5.69 Å². The summed E-state index contributed by atoms with van der Waals surface area (Å²) in [5, 5.41) is 3.80. The van der Waals surface area contributed by atoms with Gasteiger partial charge in [0.2, 0.25) is 11.8 Å². The van der Waals surface area contributed by atoms with Crippen LogP contribution in [0.25, 0.3) is 0 Å². The zero-order chi connectivity index (χ0) is 19.4. The number of nitrogens with two attached hydrogens (primary N) is 1. The molecule has 1 aliphatic carbocycles. The third-order valence-corrected chi connectivity index (χ3v) is 5.08. The van der Waals surface area contributed by atoms with Crippen molar-refractivity contribution in [2.75, 3.05) is 11.9 Å². The lowest BCUT2D eigenvalue weighted by molar-refractivity contribution is -0.116. The minimum Gasteiger partial charge on any atom is -0.366 e. The number of primary amides is 1. The topological polar surface area (TPSA) is 75.4 Å². The maximum absolute atomic E-state index is 12.3. The first-order valence-corrected chi connectivity index (χ1v) is 9.55. The summed E-state index contributed by atoms with van der Waals surface area (Å²) in [4.78, 5) is 25.8. The van der Waals surface area contributed by atoms with Crippen LogP contribution < -0.4 is 11.1 Å². The van der Waals surface area contributed by atoms with E-state index in [9.17, 15) is 9.59 Å². The molecule has 1 saturated carbocycles. The van der Waals surface area contributed by atoms with Crippen molar-refractivity contribution in [3.05, 3.63) is 63.6 Å². The van der Waals surface area contributed by atoms with Crippen molar-refractivity contribution in [3.63, 3.8) is 0 Å². The first-order chi connectivity index (χ1) is 12.9. The zero-order valence-electron chi connectivity index (χ0n) is 14.8. The standard InChI is InChI=1S/C20H21Cl2N3O2/c21-15-5-8-17(22)18(11-15)24-19(26)9-10-25(16-6-7-16)12-13-1-3-14(4-2-13)20(23)27/h1-5,8,11,16H,6-7,9-10,12H2,(H2,23,27)(H,24,26). The van der Waals surface area contributed by atoms with E-state index >= 15 is 0 Å². The Hall–Kier alpha value is -2.08. The minimum absolute atomic E-state index is 0.103. The molecular weight excluding hydrogens is 385 g/mol. The zero-order valence-corrected chi connectivity index (χ0v) is 16.3. The smallest absolute Gasteiger partial charge is 0.248 e. The first-order valence-electron chi connectivity index (χ1n) is 8.80. The van der Waals surface area contributed by atoms with Crippen molar-refractivity contribution >= 4 is 40.7 Å². The molecule has 1 fully saturated rings. The fourth-order valence-electron chi connectivity index (χ4n) is 2.89. The van der Waals surface area contributed by atoms with Crippen molar-refractivity contribution in [3.8, 4) is 0 Å². The Morgan fingerprint density at radius 1 is 1.11 bits per heavy atom. The van der Waals surface area contributed by atoms with Gasteiger partial charge in [-0.2, -0.15) is 0 Å². The highest BCUT2D eigenvalue weighted by Gasteiger charge is 2.29. The third kappa shape index (κ3) is 5.70. The summed E-state index contributed by atoms with van der Waals surface area (Å²) in [6.07, 6.45) is 2.64. The van der Waals surface area contributed by atoms with E-state index in [2.05, 4.69) is 10.2 Å². The largest absolute Gasteiger partial charge is 0.366 e. The number of carbonyl (C=O) groups is 2. The van der Waals surface area contributed by atoms with Crippen LogP contribution in [-0.2, 0) is 11.3 Å². The van der Waals surface area contributed by atoms with E-state index in [0.29, 0.717) is 40.3 Å². The Labute approximate surface area is 168 Å². The normalized spacial score (nSPS) is 13.6. The lowest BCUT2D eigenvalue weighted by atomic mass is 10.1. The molecule has 0 spiro atoms. The van der Waals surface area contributed by atoms with Gasteiger partial charge in [0, 0.05) is 36.1 Å². The number of anilines is 1. The molecule has 0 atom stereocenters. The van der Waals surface area contributed by atoms with Crippen LogP contribution in [0.3, 0.4) is 0 Å². The van der Waals surface area contributed by atoms with Crippen LogP contribution in [0.15, 0.2) is 42.5 Å². The van der Waals surface area contributed by atoms with E-state index in [1.807, 2.05) is 12.1 Å². The molecule has 2 aromatic carbocycles. The number of halogens is 2. The fraction of sp³-hybridized carbons (Fsp3) is 0.300. The maximum Gasteiger partial charge on any atom is 0.248 e. The Morgan fingerprint density at radius 2 is 1.81 bits per heavy atom. The number of nitrogens with one attached hydrogen (secondary N) is 1. The highest BCUT2D eigenvalue weighted by Crippen LogP contribution is 2.29. The quantitative estimate of drug-likeness (QED) is 0.694. The second-order valence-corrected chi connectivity index (χ2v) is 7.53. The third-order valence-electron chi connectivity index (χ3n) is 4.52. The number of hydrogen-bond donors (Lipinski definition) is 2. The molecule has 2 amide bonds. The van der Waals surface area contributed by atoms with Crippen LogP contribution in [0.1, 0.15) is 35.2 Å². The van der Waals surface area contributed by atoms with Gasteiger partial charge in [-0.25, -0.2) is 0 Å². The van der Waals surface area contributed by atoms with Gasteiger partial charge in [0.25, 0.3) is 0 Å². The second-order valence-electron chi connectivity index (χ2n) is 6.69. The Balaban J connectivity index is 1.56. The molecule has 0 saturated heterocycles. The first kappa shape index (κ1) is 19.7. The molecule has 5 nitrogen and oxygen atoms in total. The average Bonchev–Trinajstić information content (AvgIpc) is 3.47. The van der Waals surface area contributed by atoms with E-state index < -0.39 is 5.91 Å². The summed E-state index contributed by atoms with van der Waals surface area (Å²) in [6.45, 7) is 1.38. The van der Waals surface area contributed by atoms with Gasteiger partial charge in [-0.05, 0) is 48.7 Å². The van der Waals surface area contributed by atoms with Crippen molar-refractivity contribution in [1.82, 2.24) is 4.90 Å². The van der Waals surface area contributed by atoms with Crippen LogP contribution in [0.2, 0.25) is 10.0 Å². The van der Waals surface area contributed by atoms with Gasteiger partial charge in [0.1, 0.15) is 0 Å². The van der Waals surface area contributed by atoms with Gasteiger partial charge in [-0.3, -0.25) is 14.5 Å². The van der Waals surface area contributed by atoms with Gasteiger partial charge < -0.3 is 11.1 Å². The van der Waals surface area contributed by atoms with E-state index in [1.54, 1.807) is 30.3 Å². The van der Waals surface area contributed by atoms with Gasteiger partial charge in [-0.1, -0.05) is 35.3 Å². The fourth-order valence-corrected chi connectivity index (χ4v) is 3.23. The number of nitrogens with zero attached hydrogens (tertiary/aromatic N) is 1. The molecule has 0 unspecified atom stereocenters. The lowest BCUT2D eigenvalue weighted by Gasteiger charge is -2.22. The molecule has 0 bridgehead atoms. The summed E-state index contributed by atoms with van der Waals surface area (Å²) in [5.41, 5.74) is 7.38. The number of benzene rings is 2. The molecule has 0 aromatic heterocycles. The monoisotopic (exact) mass is 405 g/mol. The molecular formula is C20H21Cl2N3O2. The highest BCUT2D eigenvalue weighted by atomic mass is 35.5. The number of hydrogen-bond acceptors (Lipinski definition) is 3. The van der Waals surface area contributed by atoms with Gasteiger partial charge >= 0.3 is 0 Å². The maximum atomic E-state index is 12.3. The number of carbonyl (C=O) groups excluding carboxylic acids is 2. The molecule has 0 aliphatic heterocycles. The van der Waals surface area contributed by atoms with Crippen LogP contribution in [0.5, 0.6) is 0 Å². The predicted molar refractivity (Wildman–Crippen MR) is 108 cm³/mol. The summed E-state index contributed by atoms with van der Waals surface area (Å²) in [6, 6.07) is 12.8. The average molecular weight is 406 g/mol. The van der Waals surface area contributed by atoms with Crippen LogP contribution in [-0.4, -0.2) is 29.3 Å². The van der Waals surface area contributed by atoms with Gasteiger partial charge in [-0.15, -0.1) is 0 Å². The molecule has 1 aliphatic rings. The van der Waals surface area contributed by atoms with Crippen molar-refractivity contribution in [2.45, 2.75) is 31.8 Å². The molecule has 142 valence electrons. The molecule has 0 heterocycles. The molecule has 0 radical (unpaired) electrons. The van der Waals surface area contributed by atoms with Crippen molar-refractivity contribution in [1.29, 1.82) is 0 Å². The minimum atomic E-state index is -0.433. The lowest BCUT2D eigenvalue weighted by Crippen LogP contribution is -2.29. The highest BCUT2D eigenvalue weighted by molar-refractivity contribution is 6.35. The van der Waals surface area contributed by atoms with Gasteiger partial charge in [0.05, 0.1) is 10.7 Å². The summed E-state index contributed by atoms with van der Waals surface area (Å²) in [7, 11) is 0. The van der Waals surface area contributed by atoms with Crippen molar-refractivity contribution in [2.24, 2.45) is 5.73 Å². The Bertz CT molecular complexity index is 836. The van der Waals surface area contributed by atoms with Crippen LogP contribution in [0, 0.1) is 0 Å². The van der Waals surface area contributed by atoms with Crippen molar-refractivity contribution < 1.29 is 9.59 Å². The summed E-state index contributed by atoms with van der Waals surface area (Å²) < 4.78 is 0. The molecule has 3 N–H and O–H groups in total. The Morgan fingerprint density at radius 3 is 2.44 bits per heavy atom. The summed E-state index contributed by atoms with van der Waals surface area (Å²) >= 11 is 12.0. The van der Waals surface area contributed by atoms with E-state index in [1.165, 1.54) is 0 Å². The van der Waals surface area contributed by atoms with E-state index in [4.69, 9.17) is 28.9 Å². The molecule has 27 heavy (non-hydrogen) atoms. The number of amides is 2. The molecule has 7 heteroatoms.